The molecule has 3 atom stereocenters. The van der Waals surface area contributed by atoms with E-state index in [0.29, 0.717) is 39.6 Å². The van der Waals surface area contributed by atoms with Crippen molar-refractivity contribution in [1.82, 2.24) is 20.5 Å². The molecule has 3 amide bonds. The molecule has 5 N–H and O–H groups in total. The summed E-state index contributed by atoms with van der Waals surface area (Å²) in [6.07, 6.45) is -0.737. The van der Waals surface area contributed by atoms with Crippen molar-refractivity contribution in [3.8, 4) is 10.4 Å². The molecular formula is C32H49N5O8S. The summed E-state index contributed by atoms with van der Waals surface area (Å²) in [5.41, 5.74) is 9.42. The molecule has 1 aliphatic rings. The molecule has 1 saturated heterocycles. The highest BCUT2D eigenvalue weighted by Gasteiger charge is 2.44. The van der Waals surface area contributed by atoms with Gasteiger partial charge in [0, 0.05) is 26.1 Å². The Morgan fingerprint density at radius 3 is 2.20 bits per heavy atom. The number of carbonyl (C=O) groups is 3. The standard InChI is InChI=1S/C32H49N5O8S/c1-22-28(46-21-35-22)24-7-5-23(6-8-24)18-34-30(40)26-17-25(38)19-37(26)31(41)29(32(2,3)4)36-27(39)20-45-16-15-44-14-13-43-12-11-42-10-9-33/h5-8,21,25-26,29,38H,9-20,33H2,1-4H3,(H,34,40)(H,36,39). The lowest BCUT2D eigenvalue weighted by Gasteiger charge is -2.35. The van der Waals surface area contributed by atoms with Crippen molar-refractivity contribution in [2.75, 3.05) is 65.9 Å². The molecule has 1 aliphatic heterocycles. The van der Waals surface area contributed by atoms with Crippen LogP contribution in [0.25, 0.3) is 10.4 Å². The minimum Gasteiger partial charge on any atom is -0.391 e. The highest BCUT2D eigenvalue weighted by atomic mass is 32.1. The number of ether oxygens (including phenoxy) is 4. The molecule has 1 aromatic heterocycles. The Morgan fingerprint density at radius 2 is 1.63 bits per heavy atom. The van der Waals surface area contributed by atoms with Gasteiger partial charge in [0.05, 0.1) is 68.4 Å². The van der Waals surface area contributed by atoms with E-state index in [0.717, 1.165) is 21.7 Å². The third-order valence-electron chi connectivity index (χ3n) is 7.32. The van der Waals surface area contributed by atoms with Crippen LogP contribution in [-0.2, 0) is 39.9 Å². The molecule has 1 fully saturated rings. The number of aryl methyl sites for hydroxylation is 1. The first-order chi connectivity index (χ1) is 22.0. The summed E-state index contributed by atoms with van der Waals surface area (Å²) in [4.78, 5) is 46.5. The summed E-state index contributed by atoms with van der Waals surface area (Å²) in [7, 11) is 0. The van der Waals surface area contributed by atoms with Crippen LogP contribution in [-0.4, -0.2) is 117 Å². The molecule has 256 valence electrons. The molecule has 1 aromatic carbocycles. The van der Waals surface area contributed by atoms with Crippen molar-refractivity contribution < 1.29 is 38.4 Å². The number of benzene rings is 1. The van der Waals surface area contributed by atoms with Gasteiger partial charge in [0.15, 0.2) is 0 Å². The van der Waals surface area contributed by atoms with E-state index in [1.165, 1.54) is 4.90 Å². The number of hydrogen-bond acceptors (Lipinski definition) is 11. The van der Waals surface area contributed by atoms with Gasteiger partial charge in [-0.05, 0) is 23.5 Å². The molecule has 13 nitrogen and oxygen atoms in total. The topological polar surface area (TPSA) is 175 Å². The molecule has 46 heavy (non-hydrogen) atoms. The maximum absolute atomic E-state index is 13.7. The van der Waals surface area contributed by atoms with Crippen molar-refractivity contribution in [3.63, 3.8) is 0 Å². The maximum atomic E-state index is 13.7. The number of aliphatic hydroxyl groups excluding tert-OH is 1. The van der Waals surface area contributed by atoms with Gasteiger partial charge < -0.3 is 45.3 Å². The van der Waals surface area contributed by atoms with Gasteiger partial charge >= 0.3 is 0 Å². The summed E-state index contributed by atoms with van der Waals surface area (Å²) >= 11 is 1.58. The zero-order valence-electron chi connectivity index (χ0n) is 27.3. The van der Waals surface area contributed by atoms with E-state index in [1.807, 2.05) is 57.5 Å². The van der Waals surface area contributed by atoms with Crippen LogP contribution in [0.5, 0.6) is 0 Å². The quantitative estimate of drug-likeness (QED) is 0.160. The Kier molecular flexibility index (Phi) is 15.5. The van der Waals surface area contributed by atoms with E-state index < -0.39 is 35.4 Å². The van der Waals surface area contributed by atoms with Crippen molar-refractivity contribution in [1.29, 1.82) is 0 Å². The van der Waals surface area contributed by atoms with Gasteiger partial charge in [0.2, 0.25) is 17.7 Å². The minimum atomic E-state index is -0.936. The normalized spacial score (nSPS) is 17.2. The van der Waals surface area contributed by atoms with Crippen LogP contribution in [0.3, 0.4) is 0 Å². The first-order valence-corrected chi connectivity index (χ1v) is 16.4. The number of carbonyl (C=O) groups excluding carboxylic acids is 3. The third kappa shape index (κ3) is 12.0. The van der Waals surface area contributed by atoms with Crippen molar-refractivity contribution in [2.24, 2.45) is 11.1 Å². The number of nitrogens with two attached hydrogens (primary N) is 1. The smallest absolute Gasteiger partial charge is 0.246 e. The summed E-state index contributed by atoms with van der Waals surface area (Å²) in [5, 5.41) is 16.1. The first-order valence-electron chi connectivity index (χ1n) is 15.6. The van der Waals surface area contributed by atoms with E-state index in [-0.39, 0.29) is 45.2 Å². The lowest BCUT2D eigenvalue weighted by Crippen LogP contribution is -2.58. The zero-order valence-corrected chi connectivity index (χ0v) is 28.1. The molecule has 0 aliphatic carbocycles. The van der Waals surface area contributed by atoms with Gasteiger partial charge in [-0.2, -0.15) is 0 Å². The van der Waals surface area contributed by atoms with Crippen LogP contribution in [0.15, 0.2) is 29.8 Å². The Morgan fingerprint density at radius 1 is 1.02 bits per heavy atom. The SMILES string of the molecule is Cc1ncsc1-c1ccc(CNC(=O)C2CC(O)CN2C(=O)C(NC(=O)COCCOCCOCCOCCN)C(C)(C)C)cc1. The summed E-state index contributed by atoms with van der Waals surface area (Å²) < 4.78 is 21.5. The Balaban J connectivity index is 1.45. The van der Waals surface area contributed by atoms with E-state index in [9.17, 15) is 19.5 Å². The molecule has 0 radical (unpaired) electrons. The number of thiazole rings is 1. The van der Waals surface area contributed by atoms with Gasteiger partial charge in [0.1, 0.15) is 18.7 Å². The monoisotopic (exact) mass is 663 g/mol. The van der Waals surface area contributed by atoms with Gasteiger partial charge in [-0.1, -0.05) is 45.0 Å². The van der Waals surface area contributed by atoms with Crippen molar-refractivity contribution in [2.45, 2.75) is 58.8 Å². The highest BCUT2D eigenvalue weighted by molar-refractivity contribution is 7.13. The number of nitrogens with one attached hydrogen (secondary N) is 2. The minimum absolute atomic E-state index is 0.000541. The molecule has 0 bridgehead atoms. The van der Waals surface area contributed by atoms with E-state index in [1.54, 1.807) is 11.3 Å². The van der Waals surface area contributed by atoms with Crippen LogP contribution in [0, 0.1) is 12.3 Å². The van der Waals surface area contributed by atoms with Gasteiger partial charge in [-0.15, -0.1) is 11.3 Å². The van der Waals surface area contributed by atoms with E-state index in [2.05, 4.69) is 15.6 Å². The zero-order chi connectivity index (χ0) is 33.5. The largest absolute Gasteiger partial charge is 0.391 e. The summed E-state index contributed by atoms with van der Waals surface area (Å²) in [6.45, 7) is 10.6. The van der Waals surface area contributed by atoms with Crippen molar-refractivity contribution in [3.05, 3.63) is 41.0 Å². The number of hydrogen-bond donors (Lipinski definition) is 4. The fourth-order valence-corrected chi connectivity index (χ4v) is 5.70. The van der Waals surface area contributed by atoms with Crippen LogP contribution in [0.1, 0.15) is 38.4 Å². The fourth-order valence-electron chi connectivity index (χ4n) is 4.89. The van der Waals surface area contributed by atoms with Gasteiger partial charge in [0.25, 0.3) is 0 Å². The second-order valence-corrected chi connectivity index (χ2v) is 13.0. The van der Waals surface area contributed by atoms with Gasteiger partial charge in [-0.25, -0.2) is 4.98 Å². The first kappa shape index (κ1) is 37.5. The van der Waals surface area contributed by atoms with Crippen LogP contribution < -0.4 is 16.4 Å². The predicted molar refractivity (Wildman–Crippen MR) is 174 cm³/mol. The summed E-state index contributed by atoms with van der Waals surface area (Å²) in [5.74, 6) is -1.26. The molecule has 3 unspecified atom stereocenters. The van der Waals surface area contributed by atoms with Crippen molar-refractivity contribution >= 4 is 29.1 Å². The average Bonchev–Trinajstić information content (AvgIpc) is 3.63. The lowest BCUT2D eigenvalue weighted by atomic mass is 9.85. The third-order valence-corrected chi connectivity index (χ3v) is 8.30. The maximum Gasteiger partial charge on any atom is 0.246 e. The Hall–Kier alpha value is -2.98. The molecule has 3 rings (SSSR count). The average molecular weight is 664 g/mol. The number of aliphatic hydroxyl groups is 1. The Labute approximate surface area is 275 Å². The second-order valence-electron chi connectivity index (χ2n) is 12.1. The van der Waals surface area contributed by atoms with Crippen LogP contribution in [0.2, 0.25) is 0 Å². The van der Waals surface area contributed by atoms with Crippen LogP contribution >= 0.6 is 11.3 Å². The van der Waals surface area contributed by atoms with E-state index >= 15 is 0 Å². The molecule has 2 heterocycles. The molecular weight excluding hydrogens is 614 g/mol. The van der Waals surface area contributed by atoms with E-state index in [4.69, 9.17) is 24.7 Å². The molecule has 0 spiro atoms. The molecule has 0 saturated carbocycles. The second kappa shape index (κ2) is 19.0. The Bertz CT molecular complexity index is 1240. The summed E-state index contributed by atoms with van der Waals surface area (Å²) in [6, 6.07) is 6.07. The number of β-amino-alcohol motifs (C(OH)–C–C–N with tert-alkyl or cyclic N) is 1. The predicted octanol–water partition coefficient (Wildman–Crippen LogP) is 1.25. The number of nitrogens with zero attached hydrogens (tertiary/aromatic N) is 2. The molecule has 14 heteroatoms. The number of amides is 3. The lowest BCUT2D eigenvalue weighted by molar-refractivity contribution is -0.144. The number of likely N-dealkylation sites (tertiary alicyclic amines) is 1. The molecule has 2 aromatic rings. The number of rotatable bonds is 19. The van der Waals surface area contributed by atoms with Gasteiger partial charge in [-0.3, -0.25) is 14.4 Å². The van der Waals surface area contributed by atoms with Crippen LogP contribution in [0.4, 0.5) is 0 Å². The number of aromatic nitrogens is 1. The fraction of sp³-hybridized carbons (Fsp3) is 0.625. The highest BCUT2D eigenvalue weighted by Crippen LogP contribution is 2.28.